The third-order valence-corrected chi connectivity index (χ3v) is 5.62. The van der Waals surface area contributed by atoms with E-state index in [0.29, 0.717) is 6.42 Å². The zero-order valence-electron chi connectivity index (χ0n) is 17.9. The molecule has 0 bridgehead atoms. The minimum Gasteiger partial charge on any atom is -0.392 e. The Morgan fingerprint density at radius 1 is 1.24 bits per heavy atom. The molecule has 1 aliphatic heterocycles. The van der Waals surface area contributed by atoms with E-state index in [1.165, 1.54) is 0 Å². The predicted molar refractivity (Wildman–Crippen MR) is 112 cm³/mol. The summed E-state index contributed by atoms with van der Waals surface area (Å²) < 4.78 is 5.69. The summed E-state index contributed by atoms with van der Waals surface area (Å²) in [7, 11) is 3.69. The SMILES string of the molecule is COC(C(C)C(=O)NC(Cc1ccccc1)C(=O)NCC(C)O)C1CCCN1C. The topological polar surface area (TPSA) is 90.9 Å². The van der Waals surface area contributed by atoms with Crippen molar-refractivity contribution in [3.05, 3.63) is 35.9 Å². The van der Waals surface area contributed by atoms with E-state index >= 15 is 0 Å². The van der Waals surface area contributed by atoms with Gasteiger partial charge in [0.2, 0.25) is 11.8 Å². The van der Waals surface area contributed by atoms with Crippen molar-refractivity contribution in [2.45, 2.75) is 57.4 Å². The fourth-order valence-electron chi connectivity index (χ4n) is 3.93. The lowest BCUT2D eigenvalue weighted by Gasteiger charge is -2.32. The van der Waals surface area contributed by atoms with Gasteiger partial charge in [-0.05, 0) is 38.9 Å². The van der Waals surface area contributed by atoms with Crippen LogP contribution in [-0.2, 0) is 20.7 Å². The van der Waals surface area contributed by atoms with Crippen molar-refractivity contribution in [3.8, 4) is 0 Å². The third kappa shape index (κ3) is 6.80. The van der Waals surface area contributed by atoms with E-state index < -0.39 is 18.1 Å². The molecule has 1 fully saturated rings. The lowest BCUT2D eigenvalue weighted by Crippen LogP contribution is -2.53. The number of carbonyl (C=O) groups is 2. The normalized spacial score (nSPS) is 21.2. The highest BCUT2D eigenvalue weighted by molar-refractivity contribution is 5.88. The van der Waals surface area contributed by atoms with Crippen LogP contribution >= 0.6 is 0 Å². The van der Waals surface area contributed by atoms with Crippen LogP contribution in [0, 0.1) is 5.92 Å². The summed E-state index contributed by atoms with van der Waals surface area (Å²) in [6.45, 7) is 4.59. The molecular formula is C22H35N3O4. The largest absolute Gasteiger partial charge is 0.392 e. The fourth-order valence-corrected chi connectivity index (χ4v) is 3.93. The number of amides is 2. The quantitative estimate of drug-likeness (QED) is 0.539. The molecule has 0 saturated carbocycles. The Balaban J connectivity index is 2.08. The van der Waals surface area contributed by atoms with Gasteiger partial charge in [-0.2, -0.15) is 0 Å². The van der Waals surface area contributed by atoms with Crippen LogP contribution in [-0.4, -0.2) is 73.4 Å². The van der Waals surface area contributed by atoms with Crippen LogP contribution in [0.15, 0.2) is 30.3 Å². The molecule has 1 aromatic rings. The van der Waals surface area contributed by atoms with Gasteiger partial charge in [0.05, 0.1) is 18.1 Å². The van der Waals surface area contributed by atoms with Crippen molar-refractivity contribution in [2.24, 2.45) is 5.92 Å². The van der Waals surface area contributed by atoms with Gasteiger partial charge in [0.15, 0.2) is 0 Å². The van der Waals surface area contributed by atoms with Gasteiger partial charge in [0.1, 0.15) is 6.04 Å². The Bertz CT molecular complexity index is 653. The summed E-state index contributed by atoms with van der Waals surface area (Å²) >= 11 is 0. The Morgan fingerprint density at radius 2 is 1.93 bits per heavy atom. The van der Waals surface area contributed by atoms with Crippen molar-refractivity contribution >= 4 is 11.8 Å². The first kappa shape index (κ1) is 23.3. The Hall–Kier alpha value is -1.96. The van der Waals surface area contributed by atoms with Gasteiger partial charge < -0.3 is 25.4 Å². The number of likely N-dealkylation sites (tertiary alicyclic amines) is 1. The standard InChI is InChI=1S/C22H35N3O4/c1-15(26)14-23-22(28)18(13-17-9-6-5-7-10-17)24-21(27)16(2)20(29-4)19-11-8-12-25(19)3/h5-7,9-10,15-16,18-20,26H,8,11-14H2,1-4H3,(H,23,28)(H,24,27). The molecule has 3 N–H and O–H groups in total. The second-order valence-corrected chi connectivity index (χ2v) is 8.02. The zero-order valence-corrected chi connectivity index (χ0v) is 17.9. The van der Waals surface area contributed by atoms with Crippen LogP contribution in [0.25, 0.3) is 0 Å². The van der Waals surface area contributed by atoms with Crippen molar-refractivity contribution in [3.63, 3.8) is 0 Å². The molecule has 5 atom stereocenters. The molecule has 1 aliphatic rings. The summed E-state index contributed by atoms with van der Waals surface area (Å²) in [5.41, 5.74) is 0.955. The molecular weight excluding hydrogens is 370 g/mol. The second kappa shape index (κ2) is 11.3. The van der Waals surface area contributed by atoms with Crippen LogP contribution in [0.5, 0.6) is 0 Å². The lowest BCUT2D eigenvalue weighted by atomic mass is 9.94. The van der Waals surface area contributed by atoms with Crippen molar-refractivity contribution in [2.75, 3.05) is 27.2 Å². The van der Waals surface area contributed by atoms with E-state index in [2.05, 4.69) is 22.6 Å². The molecule has 162 valence electrons. The average molecular weight is 406 g/mol. The molecule has 7 nitrogen and oxygen atoms in total. The molecule has 1 saturated heterocycles. The first-order chi connectivity index (χ1) is 13.8. The highest BCUT2D eigenvalue weighted by Crippen LogP contribution is 2.24. The predicted octanol–water partition coefficient (Wildman–Crippen LogP) is 0.956. The minimum absolute atomic E-state index is 0.142. The van der Waals surface area contributed by atoms with Crippen LogP contribution in [0.2, 0.25) is 0 Å². The van der Waals surface area contributed by atoms with Gasteiger partial charge in [0, 0.05) is 26.1 Å². The first-order valence-corrected chi connectivity index (χ1v) is 10.4. The number of aliphatic hydroxyl groups excluding tert-OH is 1. The molecule has 0 aliphatic carbocycles. The number of likely N-dealkylation sites (N-methyl/N-ethyl adjacent to an activating group) is 1. The summed E-state index contributed by atoms with van der Waals surface area (Å²) in [5.74, 6) is -0.902. The van der Waals surface area contributed by atoms with Crippen LogP contribution in [0.4, 0.5) is 0 Å². The number of methoxy groups -OCH3 is 1. The maximum atomic E-state index is 13.0. The minimum atomic E-state index is -0.718. The van der Waals surface area contributed by atoms with Gasteiger partial charge in [0.25, 0.3) is 0 Å². The highest BCUT2D eigenvalue weighted by Gasteiger charge is 2.37. The number of nitrogens with one attached hydrogen (secondary N) is 2. The number of benzene rings is 1. The van der Waals surface area contributed by atoms with E-state index in [9.17, 15) is 14.7 Å². The van der Waals surface area contributed by atoms with Crippen molar-refractivity contribution in [1.82, 2.24) is 15.5 Å². The molecule has 7 heteroatoms. The second-order valence-electron chi connectivity index (χ2n) is 8.02. The van der Waals surface area contributed by atoms with Crippen LogP contribution in [0.3, 0.4) is 0 Å². The van der Waals surface area contributed by atoms with Crippen molar-refractivity contribution < 1.29 is 19.4 Å². The summed E-state index contributed by atoms with van der Waals surface area (Å²) in [6, 6.07) is 9.05. The Morgan fingerprint density at radius 3 is 2.48 bits per heavy atom. The smallest absolute Gasteiger partial charge is 0.243 e. The monoisotopic (exact) mass is 405 g/mol. The zero-order chi connectivity index (χ0) is 21.4. The molecule has 29 heavy (non-hydrogen) atoms. The van der Waals surface area contributed by atoms with Gasteiger partial charge >= 0.3 is 0 Å². The Labute approximate surface area is 173 Å². The summed E-state index contributed by atoms with van der Waals surface area (Å²) in [4.78, 5) is 27.9. The molecule has 0 aromatic heterocycles. The summed E-state index contributed by atoms with van der Waals surface area (Å²) in [5, 5.41) is 15.1. The number of ether oxygens (including phenoxy) is 1. The third-order valence-electron chi connectivity index (χ3n) is 5.62. The fraction of sp³-hybridized carbons (Fsp3) is 0.636. The molecule has 2 rings (SSSR count). The van der Waals surface area contributed by atoms with Crippen LogP contribution < -0.4 is 10.6 Å². The van der Waals surface area contributed by atoms with Gasteiger partial charge in [-0.25, -0.2) is 0 Å². The average Bonchev–Trinajstić information content (AvgIpc) is 3.12. The number of nitrogens with zero attached hydrogens (tertiary/aromatic N) is 1. The lowest BCUT2D eigenvalue weighted by molar-refractivity contribution is -0.135. The van der Waals surface area contributed by atoms with E-state index in [4.69, 9.17) is 4.74 Å². The van der Waals surface area contributed by atoms with E-state index in [1.54, 1.807) is 14.0 Å². The van der Waals surface area contributed by atoms with E-state index in [-0.39, 0.29) is 30.5 Å². The maximum absolute atomic E-state index is 13.0. The Kier molecular flexibility index (Phi) is 9.07. The summed E-state index contributed by atoms with van der Waals surface area (Å²) in [6.07, 6.45) is 1.58. The number of hydrogen-bond acceptors (Lipinski definition) is 5. The molecule has 0 spiro atoms. The van der Waals surface area contributed by atoms with Gasteiger partial charge in [-0.3, -0.25) is 9.59 Å². The molecule has 1 aromatic carbocycles. The number of rotatable bonds is 10. The van der Waals surface area contributed by atoms with Gasteiger partial charge in [-0.1, -0.05) is 37.3 Å². The molecule has 5 unspecified atom stereocenters. The van der Waals surface area contributed by atoms with E-state index in [1.807, 2.05) is 37.3 Å². The van der Waals surface area contributed by atoms with Crippen LogP contribution in [0.1, 0.15) is 32.3 Å². The first-order valence-electron chi connectivity index (χ1n) is 10.4. The molecule has 1 heterocycles. The number of hydrogen-bond donors (Lipinski definition) is 3. The van der Waals surface area contributed by atoms with E-state index in [0.717, 1.165) is 24.9 Å². The maximum Gasteiger partial charge on any atom is 0.243 e. The highest BCUT2D eigenvalue weighted by atomic mass is 16.5. The number of aliphatic hydroxyl groups is 1. The molecule has 2 amide bonds. The van der Waals surface area contributed by atoms with Gasteiger partial charge in [-0.15, -0.1) is 0 Å². The number of carbonyl (C=O) groups excluding carboxylic acids is 2. The van der Waals surface area contributed by atoms with Crippen molar-refractivity contribution in [1.29, 1.82) is 0 Å². The molecule has 0 radical (unpaired) electrons.